The van der Waals surface area contributed by atoms with Crippen LogP contribution in [0.1, 0.15) is 34.1 Å². The van der Waals surface area contributed by atoms with E-state index in [-0.39, 0.29) is 48.9 Å². The van der Waals surface area contributed by atoms with E-state index in [1.165, 1.54) is 0 Å². The molecule has 1 fully saturated rings. The summed E-state index contributed by atoms with van der Waals surface area (Å²) in [7, 11) is 0. The molecule has 0 unspecified atom stereocenters. The van der Waals surface area contributed by atoms with E-state index in [1.54, 1.807) is 0 Å². The van der Waals surface area contributed by atoms with Gasteiger partial charge in [-0.3, -0.25) is 0 Å². The molecule has 0 spiro atoms. The third-order valence-corrected chi connectivity index (χ3v) is 5.54. The minimum absolute atomic E-state index is 0. The zero-order valence-corrected chi connectivity index (χ0v) is 14.7. The predicted molar refractivity (Wildman–Crippen MR) is 99.0 cm³/mol. The molecule has 23 heavy (non-hydrogen) atoms. The van der Waals surface area contributed by atoms with Gasteiger partial charge < -0.3 is 10.2 Å². The second kappa shape index (κ2) is 10.3. The van der Waals surface area contributed by atoms with Crippen LogP contribution in [0.4, 0.5) is 0 Å². The smallest absolute Gasteiger partial charge is 0.393 e. The largest absolute Gasteiger partial charge is 1.00 e. The summed E-state index contributed by atoms with van der Waals surface area (Å²) in [6.45, 7) is 8.69. The molecule has 1 saturated carbocycles. The SMILES string of the molecule is C/C(=C\C=C\[C@@H]1[C@H]2[C@H](C)[C@@H](O)[C@H](C)C[C@@H]2C=C[C@@H]1C)CO.[AlH4-].[Li+]. The summed E-state index contributed by atoms with van der Waals surface area (Å²) in [5.74, 6) is 2.82. The first-order valence-corrected chi connectivity index (χ1v) is 8.27. The molecule has 4 heteroatoms. The fraction of sp³-hybridized carbons (Fsp3) is 0.684. The summed E-state index contributed by atoms with van der Waals surface area (Å²) < 4.78 is 0. The van der Waals surface area contributed by atoms with Crippen molar-refractivity contribution in [3.63, 3.8) is 0 Å². The molecular weight excluding hydrogens is 294 g/mol. The van der Waals surface area contributed by atoms with Crippen molar-refractivity contribution in [3.05, 3.63) is 36.0 Å². The standard InChI is InChI=1S/C19H30O2.Al.Li.4H/c1-12(11-20)6-5-7-17-13(2)8-9-16-10-14(3)19(21)15(4)18(16)17;;;;;;/h5-9,13-21H,10-11H2,1-4H3;;;;;;/q;-1;+1;;;;/b7-5+,12-6+;;;;;;/t13-,14+,15-,16-,17-,18-,19-;;;;;;/m0....../s1. The number of rotatable bonds is 3. The Morgan fingerprint density at radius 2 is 1.87 bits per heavy atom. The fourth-order valence-electron chi connectivity index (χ4n) is 4.21. The molecule has 0 heterocycles. The molecule has 126 valence electrons. The summed E-state index contributed by atoms with van der Waals surface area (Å²) in [5.41, 5.74) is 0.979. The molecule has 2 N–H and O–H groups in total. The minimum atomic E-state index is -0.185. The van der Waals surface area contributed by atoms with Crippen molar-refractivity contribution >= 4 is 17.4 Å². The van der Waals surface area contributed by atoms with E-state index < -0.39 is 0 Å². The molecule has 0 aromatic carbocycles. The predicted octanol–water partition coefficient (Wildman–Crippen LogP) is -0.875. The Kier molecular flexibility index (Phi) is 10.4. The molecule has 0 amide bonds. The second-order valence-electron chi connectivity index (χ2n) is 7.18. The van der Waals surface area contributed by atoms with Crippen LogP contribution >= 0.6 is 0 Å². The van der Waals surface area contributed by atoms with Gasteiger partial charge in [-0.2, -0.15) is 0 Å². The van der Waals surface area contributed by atoms with Crippen LogP contribution in [0, 0.1) is 35.5 Å². The Morgan fingerprint density at radius 3 is 2.48 bits per heavy atom. The van der Waals surface area contributed by atoms with Crippen molar-refractivity contribution < 1.29 is 29.1 Å². The summed E-state index contributed by atoms with van der Waals surface area (Å²) in [5, 5.41) is 19.5. The van der Waals surface area contributed by atoms with E-state index >= 15 is 0 Å². The van der Waals surface area contributed by atoms with Crippen LogP contribution in [-0.4, -0.2) is 40.3 Å². The molecule has 2 aliphatic rings. The van der Waals surface area contributed by atoms with Gasteiger partial charge >= 0.3 is 18.9 Å². The van der Waals surface area contributed by atoms with Crippen molar-refractivity contribution in [1.29, 1.82) is 0 Å². The van der Waals surface area contributed by atoms with Crippen molar-refractivity contribution in [2.75, 3.05) is 6.61 Å². The van der Waals surface area contributed by atoms with Gasteiger partial charge in [-0.25, -0.2) is 0 Å². The molecule has 0 aliphatic heterocycles. The van der Waals surface area contributed by atoms with Crippen LogP contribution in [0.3, 0.4) is 0 Å². The topological polar surface area (TPSA) is 40.5 Å². The molecule has 2 nitrogen and oxygen atoms in total. The molecule has 0 saturated heterocycles. The maximum absolute atomic E-state index is 10.4. The summed E-state index contributed by atoms with van der Waals surface area (Å²) >= 11 is 0. The Bertz CT molecular complexity index is 447. The number of hydrogen-bond donors (Lipinski definition) is 2. The van der Waals surface area contributed by atoms with Crippen molar-refractivity contribution in [2.45, 2.75) is 40.2 Å². The third kappa shape index (κ3) is 5.37. The van der Waals surface area contributed by atoms with Crippen molar-refractivity contribution in [1.82, 2.24) is 0 Å². The van der Waals surface area contributed by atoms with Gasteiger partial charge in [0.25, 0.3) is 0 Å². The van der Waals surface area contributed by atoms with E-state index in [2.05, 4.69) is 45.1 Å². The van der Waals surface area contributed by atoms with Crippen LogP contribution in [0.15, 0.2) is 36.0 Å². The summed E-state index contributed by atoms with van der Waals surface area (Å²) in [6.07, 6.45) is 12.0. The summed E-state index contributed by atoms with van der Waals surface area (Å²) in [6, 6.07) is 0. The normalized spacial score (nSPS) is 40.3. The molecule has 0 aromatic heterocycles. The Balaban J connectivity index is 0.00000242. The average Bonchev–Trinajstić information content (AvgIpc) is 2.47. The zero-order valence-electron chi connectivity index (χ0n) is 14.7. The van der Waals surface area contributed by atoms with E-state index in [9.17, 15) is 5.11 Å². The first-order valence-electron chi connectivity index (χ1n) is 8.27. The molecule has 0 radical (unpaired) electrons. The number of hydrogen-bond acceptors (Lipinski definition) is 2. The maximum atomic E-state index is 10.4. The van der Waals surface area contributed by atoms with Crippen molar-refractivity contribution in [3.8, 4) is 0 Å². The quantitative estimate of drug-likeness (QED) is 0.402. The van der Waals surface area contributed by atoms with E-state index in [0.29, 0.717) is 35.5 Å². The van der Waals surface area contributed by atoms with Gasteiger partial charge in [0.15, 0.2) is 0 Å². The molecule has 2 rings (SSSR count). The average molecular weight is 328 g/mol. The Hall–Kier alpha value is 0.270. The minimum Gasteiger partial charge on any atom is -0.393 e. The number of aliphatic hydroxyl groups excluding tert-OH is 2. The van der Waals surface area contributed by atoms with Gasteiger partial charge in [0.05, 0.1) is 12.7 Å². The van der Waals surface area contributed by atoms with Gasteiger partial charge in [-0.05, 0) is 54.4 Å². The first-order chi connectivity index (χ1) is 9.95. The number of aliphatic hydroxyl groups is 2. The third-order valence-electron chi connectivity index (χ3n) is 5.54. The zero-order chi connectivity index (χ0) is 15.6. The van der Waals surface area contributed by atoms with Gasteiger partial charge in [-0.1, -0.05) is 51.2 Å². The second-order valence-corrected chi connectivity index (χ2v) is 7.18. The number of allylic oxidation sites excluding steroid dienone is 5. The Labute approximate surface area is 164 Å². The van der Waals surface area contributed by atoms with Crippen LogP contribution in [-0.2, 0) is 0 Å². The fourth-order valence-corrected chi connectivity index (χ4v) is 4.21. The first kappa shape index (κ1) is 23.3. The van der Waals surface area contributed by atoms with Gasteiger partial charge in [0.1, 0.15) is 0 Å². The van der Waals surface area contributed by atoms with Crippen molar-refractivity contribution in [2.24, 2.45) is 35.5 Å². The van der Waals surface area contributed by atoms with Crippen LogP contribution in [0.5, 0.6) is 0 Å². The Morgan fingerprint density at radius 1 is 1.22 bits per heavy atom. The van der Waals surface area contributed by atoms with Gasteiger partial charge in [-0.15, -0.1) is 0 Å². The molecule has 0 aromatic rings. The van der Waals surface area contributed by atoms with Crippen LogP contribution in [0.25, 0.3) is 0 Å². The summed E-state index contributed by atoms with van der Waals surface area (Å²) in [4.78, 5) is 0. The van der Waals surface area contributed by atoms with E-state index in [1.807, 2.05) is 13.0 Å². The monoisotopic (exact) mass is 328 g/mol. The van der Waals surface area contributed by atoms with Gasteiger partial charge in [0.2, 0.25) is 0 Å². The van der Waals surface area contributed by atoms with Crippen LogP contribution < -0.4 is 18.9 Å². The molecule has 2 aliphatic carbocycles. The van der Waals surface area contributed by atoms with E-state index in [0.717, 1.165) is 12.0 Å². The van der Waals surface area contributed by atoms with Crippen LogP contribution in [0.2, 0.25) is 0 Å². The maximum Gasteiger partial charge on any atom is 1.00 e. The molecule has 7 atom stereocenters. The number of fused-ring (bicyclic) bond motifs is 1. The molecular formula is C19H34AlLiO2. The van der Waals surface area contributed by atoms with Gasteiger partial charge in [0, 0.05) is 17.4 Å². The van der Waals surface area contributed by atoms with E-state index in [4.69, 9.17) is 5.11 Å². The molecule has 0 bridgehead atoms.